The number of hydrogen-bond donors (Lipinski definition) is 0. The van der Waals surface area contributed by atoms with Crippen molar-refractivity contribution in [1.29, 1.82) is 0 Å². The van der Waals surface area contributed by atoms with Crippen LogP contribution in [0, 0.1) is 0 Å². The molecule has 1 aliphatic heterocycles. The number of halogens is 3. The number of alkyl halides is 3. The van der Waals surface area contributed by atoms with E-state index >= 15 is 0 Å². The van der Waals surface area contributed by atoms with E-state index in [9.17, 15) is 18.0 Å². The highest BCUT2D eigenvalue weighted by atomic mass is 19.4. The maximum atomic E-state index is 13.9. The number of aryl methyl sites for hydroxylation is 1. The van der Waals surface area contributed by atoms with Gasteiger partial charge in [0.15, 0.2) is 5.69 Å². The molecule has 0 atom stereocenters. The van der Waals surface area contributed by atoms with E-state index in [0.717, 1.165) is 0 Å². The monoisotopic (exact) mass is 582 g/mol. The molecule has 3 heterocycles. The van der Waals surface area contributed by atoms with Crippen molar-refractivity contribution in [3.8, 4) is 16.9 Å². The zero-order chi connectivity index (χ0) is 29.6. The van der Waals surface area contributed by atoms with Crippen LogP contribution in [0.15, 0.2) is 102 Å². The van der Waals surface area contributed by atoms with Crippen molar-refractivity contribution in [2.75, 3.05) is 26.2 Å². The molecule has 1 fully saturated rings. The average Bonchev–Trinajstić information content (AvgIpc) is 3.68. The van der Waals surface area contributed by atoms with Crippen LogP contribution in [0.3, 0.4) is 0 Å². The number of aromatic nitrogens is 2. The maximum Gasteiger partial charge on any atom is 0.435 e. The third-order valence-corrected chi connectivity index (χ3v) is 8.41. The second-order valence-electron chi connectivity index (χ2n) is 10.9. The Labute approximate surface area is 247 Å². The highest BCUT2D eigenvalue weighted by molar-refractivity contribution is 5.94. The van der Waals surface area contributed by atoms with Crippen LogP contribution in [0.4, 0.5) is 13.2 Å². The molecule has 0 unspecified atom stereocenters. The Balaban J connectivity index is 1.10. The lowest BCUT2D eigenvalue weighted by molar-refractivity contribution is -0.142. The van der Waals surface area contributed by atoms with Crippen molar-refractivity contribution in [2.45, 2.75) is 25.1 Å². The minimum Gasteiger partial charge on any atom is -0.469 e. The number of hydrogen-bond acceptors (Lipinski definition) is 4. The SMILES string of the molecule is O=C(c1ccc(-n2nc(C(F)(F)F)c3c2-c2ccoc2CC3)cc1)N1CCN(C(c2ccccc2)c2ccccc2)CC1. The van der Waals surface area contributed by atoms with E-state index in [4.69, 9.17) is 4.42 Å². The summed E-state index contributed by atoms with van der Waals surface area (Å²) in [5, 5.41) is 4.00. The van der Waals surface area contributed by atoms with Crippen molar-refractivity contribution in [2.24, 2.45) is 0 Å². The number of carbonyl (C=O) groups is 1. The Kier molecular flexibility index (Phi) is 6.89. The number of furan rings is 1. The third kappa shape index (κ3) is 5.03. The molecule has 218 valence electrons. The fourth-order valence-corrected chi connectivity index (χ4v) is 6.36. The van der Waals surface area contributed by atoms with Crippen LogP contribution in [0.25, 0.3) is 16.9 Å². The van der Waals surface area contributed by atoms with Gasteiger partial charge in [-0.1, -0.05) is 60.7 Å². The van der Waals surface area contributed by atoms with Crippen LogP contribution in [0.1, 0.15) is 44.5 Å². The van der Waals surface area contributed by atoms with E-state index in [1.807, 2.05) is 41.3 Å². The molecule has 9 heteroatoms. The van der Waals surface area contributed by atoms with E-state index < -0.39 is 11.9 Å². The zero-order valence-electron chi connectivity index (χ0n) is 23.3. The van der Waals surface area contributed by atoms with E-state index in [2.05, 4.69) is 34.3 Å². The number of benzene rings is 3. The molecule has 43 heavy (non-hydrogen) atoms. The summed E-state index contributed by atoms with van der Waals surface area (Å²) in [6.07, 6.45) is -2.49. The fraction of sp³-hybridized carbons (Fsp3) is 0.235. The normalized spacial score (nSPS) is 15.4. The van der Waals surface area contributed by atoms with Gasteiger partial charge in [-0.25, -0.2) is 4.68 Å². The van der Waals surface area contributed by atoms with Crippen LogP contribution in [0.5, 0.6) is 0 Å². The molecular formula is C34H29F3N4O2. The van der Waals surface area contributed by atoms with E-state index in [1.54, 1.807) is 30.3 Å². The number of piperazine rings is 1. The number of carbonyl (C=O) groups excluding carboxylic acids is 1. The Bertz CT molecular complexity index is 1700. The van der Waals surface area contributed by atoms with Gasteiger partial charge in [-0.15, -0.1) is 0 Å². The Morgan fingerprint density at radius 3 is 2.02 bits per heavy atom. The van der Waals surface area contributed by atoms with Gasteiger partial charge >= 0.3 is 6.18 Å². The van der Waals surface area contributed by atoms with E-state index in [1.165, 1.54) is 22.1 Å². The fourth-order valence-electron chi connectivity index (χ4n) is 6.36. The highest BCUT2D eigenvalue weighted by Gasteiger charge is 2.41. The van der Waals surface area contributed by atoms with Gasteiger partial charge in [-0.2, -0.15) is 18.3 Å². The lowest BCUT2D eigenvalue weighted by Crippen LogP contribution is -2.49. The molecule has 6 nitrogen and oxygen atoms in total. The van der Waals surface area contributed by atoms with Crippen molar-refractivity contribution in [3.63, 3.8) is 0 Å². The summed E-state index contributed by atoms with van der Waals surface area (Å²) < 4.78 is 48.5. The molecule has 3 aromatic carbocycles. The largest absolute Gasteiger partial charge is 0.469 e. The van der Waals surface area contributed by atoms with Gasteiger partial charge in [-0.3, -0.25) is 9.69 Å². The second-order valence-corrected chi connectivity index (χ2v) is 10.9. The van der Waals surface area contributed by atoms with Crippen molar-refractivity contribution in [1.82, 2.24) is 19.6 Å². The molecule has 1 aliphatic carbocycles. The van der Waals surface area contributed by atoms with Crippen molar-refractivity contribution >= 4 is 5.91 Å². The van der Waals surface area contributed by atoms with E-state index in [-0.39, 0.29) is 23.9 Å². The molecule has 0 spiro atoms. The quantitative estimate of drug-likeness (QED) is 0.229. The van der Waals surface area contributed by atoms with Crippen molar-refractivity contribution < 1.29 is 22.4 Å². The lowest BCUT2D eigenvalue weighted by atomic mass is 9.94. The minimum absolute atomic E-state index is 0.0938. The van der Waals surface area contributed by atoms with Gasteiger partial charge < -0.3 is 9.32 Å². The molecule has 5 aromatic rings. The first-order chi connectivity index (χ1) is 20.9. The van der Waals surface area contributed by atoms with Gasteiger partial charge in [-0.05, 0) is 47.9 Å². The standard InChI is InChI=1S/C34H29F3N4O2/c35-34(36,37)32-28-15-16-29-27(17-22-43-29)31(28)41(38-32)26-13-11-25(12-14-26)33(42)40-20-18-39(19-21-40)30(23-7-3-1-4-8-23)24-9-5-2-6-10-24/h1-14,17,22,30H,15-16,18-21H2. The molecule has 2 aromatic heterocycles. The zero-order valence-corrected chi connectivity index (χ0v) is 23.3. The predicted molar refractivity (Wildman–Crippen MR) is 156 cm³/mol. The van der Waals surface area contributed by atoms with Crippen LogP contribution in [-0.2, 0) is 19.0 Å². The number of fused-ring (bicyclic) bond motifs is 3. The Morgan fingerprint density at radius 1 is 0.791 bits per heavy atom. The summed E-state index contributed by atoms with van der Waals surface area (Å²) in [5.74, 6) is 0.549. The second kappa shape index (κ2) is 10.9. The molecular weight excluding hydrogens is 553 g/mol. The summed E-state index contributed by atoms with van der Waals surface area (Å²) in [6, 6.07) is 29.2. The van der Waals surface area contributed by atoms with Crippen LogP contribution >= 0.6 is 0 Å². The van der Waals surface area contributed by atoms with Crippen LogP contribution in [-0.4, -0.2) is 51.7 Å². The average molecular weight is 583 g/mol. The smallest absolute Gasteiger partial charge is 0.435 e. The van der Waals surface area contributed by atoms with Crippen LogP contribution in [0.2, 0.25) is 0 Å². The maximum absolute atomic E-state index is 13.9. The molecule has 0 N–H and O–H groups in total. The molecule has 0 saturated carbocycles. The molecule has 1 saturated heterocycles. The van der Waals surface area contributed by atoms with Gasteiger partial charge in [0.2, 0.25) is 0 Å². The first-order valence-electron chi connectivity index (χ1n) is 14.4. The summed E-state index contributed by atoms with van der Waals surface area (Å²) in [4.78, 5) is 17.7. The molecule has 1 amide bonds. The van der Waals surface area contributed by atoms with E-state index in [0.29, 0.717) is 60.9 Å². The van der Waals surface area contributed by atoms with Crippen molar-refractivity contribution in [3.05, 3.63) is 131 Å². The first-order valence-corrected chi connectivity index (χ1v) is 14.4. The summed E-state index contributed by atoms with van der Waals surface area (Å²) in [7, 11) is 0. The molecule has 0 radical (unpaired) electrons. The number of rotatable bonds is 5. The van der Waals surface area contributed by atoms with Crippen LogP contribution < -0.4 is 0 Å². The summed E-state index contributed by atoms with van der Waals surface area (Å²) in [6.45, 7) is 2.57. The minimum atomic E-state index is -4.57. The predicted octanol–water partition coefficient (Wildman–Crippen LogP) is 6.80. The van der Waals surface area contributed by atoms with Gasteiger partial charge in [0.05, 0.1) is 23.7 Å². The summed E-state index contributed by atoms with van der Waals surface area (Å²) >= 11 is 0. The Morgan fingerprint density at radius 2 is 1.42 bits per heavy atom. The number of nitrogens with zero attached hydrogens (tertiary/aromatic N) is 4. The van der Waals surface area contributed by atoms with Gasteiger partial charge in [0.1, 0.15) is 5.76 Å². The molecule has 2 aliphatic rings. The number of amides is 1. The lowest BCUT2D eigenvalue weighted by Gasteiger charge is -2.39. The van der Waals surface area contributed by atoms with Gasteiger partial charge in [0, 0.05) is 49.3 Å². The third-order valence-electron chi connectivity index (χ3n) is 8.41. The Hall–Kier alpha value is -4.63. The topological polar surface area (TPSA) is 54.5 Å². The highest BCUT2D eigenvalue weighted by Crippen LogP contribution is 2.42. The molecule has 0 bridgehead atoms. The first kappa shape index (κ1) is 27.2. The molecule has 7 rings (SSSR count). The van der Waals surface area contributed by atoms with Gasteiger partial charge in [0.25, 0.3) is 5.91 Å². The summed E-state index contributed by atoms with van der Waals surface area (Å²) in [5.41, 5.74) is 3.66.